The molecule has 2 saturated carbocycles. The van der Waals surface area contributed by atoms with Crippen molar-refractivity contribution in [1.82, 2.24) is 35.6 Å². The molecule has 0 saturated heterocycles. The number of hydrogen-bond donors (Lipinski definition) is 4. The van der Waals surface area contributed by atoms with E-state index in [0.717, 1.165) is 126 Å². The molecule has 4 aliphatic carbocycles. The molecule has 6 aliphatic rings. The van der Waals surface area contributed by atoms with Crippen LogP contribution in [0, 0.1) is 5.82 Å². The van der Waals surface area contributed by atoms with Crippen LogP contribution in [-0.4, -0.2) is 49.8 Å². The predicted octanol–water partition coefficient (Wildman–Crippen LogP) is 5.76. The molecule has 9 nitrogen and oxygen atoms in total. The van der Waals surface area contributed by atoms with Gasteiger partial charge in [-0.05, 0) is 91.8 Å². The molecule has 2 fully saturated rings. The normalized spacial score (nSPS) is 19.4. The average molecular weight is 660 g/mol. The minimum atomic E-state index is -0.379. The van der Waals surface area contributed by atoms with Gasteiger partial charge in [-0.1, -0.05) is 11.6 Å². The SMILES string of the molecule is O=C1NCC2(CC2)c2[nH]c3c(c21)CCc1cnc(-c2cncc(F)c2)cc1-3.O=C1NCC2(CC2)c2[nH]c3c(c21)CCc1cnc(Cl)cc1-3. The van der Waals surface area contributed by atoms with Crippen LogP contribution in [-0.2, 0) is 36.5 Å². The quantitative estimate of drug-likeness (QED) is 0.170. The Bertz CT molecular complexity index is 2250. The molecule has 4 N–H and O–H groups in total. The van der Waals surface area contributed by atoms with Crippen molar-refractivity contribution in [2.24, 2.45) is 0 Å². The lowest BCUT2D eigenvalue weighted by molar-refractivity contribution is 0.0928. The number of carbonyl (C=O) groups excluding carboxylic acids is 2. The standard InChI is InChI=1S/C21H17FN4O.C16H14ClN3O/c22-13-5-12(7-23-9-13)16-6-15-11(8-24-16)1-2-14-17-19(26-18(14)15)21(3-4-21)10-25-20(17)27;17-11-5-10-8(6-18-11)1-2-9-12-14(20-13(9)10)16(3-4-16)7-19-15(12)21/h5-9,26H,1-4,10H2,(H,25,27);5-6,20H,1-4,7H2,(H,19,21). The van der Waals surface area contributed by atoms with Gasteiger partial charge in [-0.25, -0.2) is 9.37 Å². The van der Waals surface area contributed by atoms with Gasteiger partial charge in [0.1, 0.15) is 11.0 Å². The highest BCUT2D eigenvalue weighted by atomic mass is 35.5. The molecule has 0 aromatic carbocycles. The van der Waals surface area contributed by atoms with Crippen LogP contribution in [0.4, 0.5) is 4.39 Å². The topological polar surface area (TPSA) is 128 Å². The lowest BCUT2D eigenvalue weighted by Crippen LogP contribution is -2.39. The Hall–Kier alpha value is -4.83. The first-order chi connectivity index (χ1) is 23.3. The molecular formula is C37H31ClFN7O2. The maximum absolute atomic E-state index is 13.6. The number of hydrogen-bond acceptors (Lipinski definition) is 5. The molecule has 5 aromatic heterocycles. The summed E-state index contributed by atoms with van der Waals surface area (Å²) < 4.78 is 13.6. The second kappa shape index (κ2) is 9.85. The fourth-order valence-corrected chi connectivity index (χ4v) is 8.53. The molecule has 2 spiro atoms. The third-order valence-corrected chi connectivity index (χ3v) is 11.6. The molecule has 5 aromatic rings. The Labute approximate surface area is 280 Å². The van der Waals surface area contributed by atoms with Gasteiger partial charge in [-0.3, -0.25) is 19.6 Å². The Kier molecular flexibility index (Phi) is 5.79. The predicted molar refractivity (Wildman–Crippen MR) is 178 cm³/mol. The van der Waals surface area contributed by atoms with E-state index >= 15 is 0 Å². The van der Waals surface area contributed by atoms with Gasteiger partial charge in [0.15, 0.2) is 0 Å². The molecular weight excluding hydrogens is 629 g/mol. The summed E-state index contributed by atoms with van der Waals surface area (Å²) in [6.45, 7) is 1.49. The molecule has 2 aliphatic heterocycles. The van der Waals surface area contributed by atoms with Crippen LogP contribution in [0.5, 0.6) is 0 Å². The number of H-pyrrole nitrogens is 2. The summed E-state index contributed by atoms with van der Waals surface area (Å²) >= 11 is 6.06. The van der Waals surface area contributed by atoms with Crippen LogP contribution in [0.2, 0.25) is 5.15 Å². The number of carbonyl (C=O) groups is 2. The number of fused-ring (bicyclic) bond motifs is 12. The van der Waals surface area contributed by atoms with Crippen molar-refractivity contribution in [1.29, 1.82) is 0 Å². The van der Waals surface area contributed by atoms with Gasteiger partial charge in [-0.15, -0.1) is 0 Å². The summed E-state index contributed by atoms with van der Waals surface area (Å²) in [7, 11) is 0. The number of nitrogens with one attached hydrogen (secondary N) is 4. The van der Waals surface area contributed by atoms with Crippen LogP contribution < -0.4 is 10.6 Å². The second-order valence-corrected chi connectivity index (χ2v) is 14.6. The van der Waals surface area contributed by atoms with Crippen molar-refractivity contribution in [3.05, 3.63) is 98.7 Å². The first kappa shape index (κ1) is 28.2. The summed E-state index contributed by atoms with van der Waals surface area (Å²) in [6.07, 6.45) is 14.6. The highest BCUT2D eigenvalue weighted by molar-refractivity contribution is 6.29. The van der Waals surface area contributed by atoms with Gasteiger partial charge in [0.2, 0.25) is 0 Å². The number of aromatic nitrogens is 5. The maximum atomic E-state index is 13.6. The molecule has 240 valence electrons. The van der Waals surface area contributed by atoms with Gasteiger partial charge in [0, 0.05) is 70.6 Å². The molecule has 0 atom stereocenters. The number of amides is 2. The lowest BCUT2D eigenvalue weighted by atomic mass is 9.86. The smallest absolute Gasteiger partial charge is 0.253 e. The average Bonchev–Trinajstić information content (AvgIpc) is 3.98. The van der Waals surface area contributed by atoms with Gasteiger partial charge in [0.25, 0.3) is 11.8 Å². The van der Waals surface area contributed by atoms with E-state index in [4.69, 9.17) is 11.6 Å². The number of nitrogens with zero attached hydrogens (tertiary/aromatic N) is 3. The Balaban J connectivity index is 0.000000127. The van der Waals surface area contributed by atoms with Crippen LogP contribution in [0.3, 0.4) is 0 Å². The zero-order chi connectivity index (χ0) is 32.4. The number of aromatic amines is 2. The van der Waals surface area contributed by atoms with E-state index in [1.807, 2.05) is 24.5 Å². The van der Waals surface area contributed by atoms with E-state index in [2.05, 4.69) is 35.6 Å². The second-order valence-electron chi connectivity index (χ2n) is 14.2. The lowest BCUT2D eigenvalue weighted by Gasteiger charge is -2.23. The fraction of sp³-hybridized carbons (Fsp3) is 0.324. The Morgan fingerprint density at radius 1 is 0.688 bits per heavy atom. The van der Waals surface area contributed by atoms with Gasteiger partial charge >= 0.3 is 0 Å². The van der Waals surface area contributed by atoms with Crippen molar-refractivity contribution in [2.45, 2.75) is 62.2 Å². The molecule has 7 heterocycles. The number of halogens is 2. The summed E-state index contributed by atoms with van der Waals surface area (Å²) in [5.74, 6) is -0.272. The Morgan fingerprint density at radius 2 is 1.25 bits per heavy atom. The third kappa shape index (κ3) is 4.11. The van der Waals surface area contributed by atoms with E-state index in [9.17, 15) is 14.0 Å². The number of aryl methyl sites for hydroxylation is 2. The summed E-state index contributed by atoms with van der Waals surface area (Å²) in [5, 5.41) is 6.64. The summed E-state index contributed by atoms with van der Waals surface area (Å²) in [5.41, 5.74) is 14.5. The highest BCUT2D eigenvalue weighted by Gasteiger charge is 2.53. The highest BCUT2D eigenvalue weighted by Crippen LogP contribution is 2.54. The molecule has 11 rings (SSSR count). The monoisotopic (exact) mass is 659 g/mol. The van der Waals surface area contributed by atoms with E-state index in [-0.39, 0.29) is 28.5 Å². The molecule has 2 amide bonds. The Morgan fingerprint density at radius 3 is 1.81 bits per heavy atom. The van der Waals surface area contributed by atoms with Crippen molar-refractivity contribution >= 4 is 23.4 Å². The zero-order valence-electron chi connectivity index (χ0n) is 26.0. The summed E-state index contributed by atoms with van der Waals surface area (Å²) in [6, 6.07) is 5.34. The van der Waals surface area contributed by atoms with E-state index in [0.29, 0.717) is 16.4 Å². The minimum absolute atomic E-state index is 0.0343. The molecule has 0 bridgehead atoms. The van der Waals surface area contributed by atoms with Crippen molar-refractivity contribution in [2.75, 3.05) is 13.1 Å². The zero-order valence-corrected chi connectivity index (χ0v) is 26.8. The minimum Gasteiger partial charge on any atom is -0.357 e. The van der Waals surface area contributed by atoms with Crippen molar-refractivity contribution in [3.8, 4) is 33.8 Å². The maximum Gasteiger partial charge on any atom is 0.253 e. The number of pyridine rings is 3. The van der Waals surface area contributed by atoms with Crippen LogP contribution in [0.1, 0.15) is 80.0 Å². The van der Waals surface area contributed by atoms with Gasteiger partial charge in [-0.2, -0.15) is 0 Å². The first-order valence-corrected chi connectivity index (χ1v) is 17.0. The number of rotatable bonds is 1. The molecule has 0 radical (unpaired) electrons. The van der Waals surface area contributed by atoms with Crippen LogP contribution in [0.25, 0.3) is 33.8 Å². The van der Waals surface area contributed by atoms with Crippen LogP contribution in [0.15, 0.2) is 43.0 Å². The van der Waals surface area contributed by atoms with Crippen molar-refractivity contribution in [3.63, 3.8) is 0 Å². The molecule has 48 heavy (non-hydrogen) atoms. The van der Waals surface area contributed by atoms with E-state index in [1.54, 1.807) is 6.20 Å². The van der Waals surface area contributed by atoms with Crippen LogP contribution >= 0.6 is 11.6 Å². The summed E-state index contributed by atoms with van der Waals surface area (Å²) in [4.78, 5) is 44.7. The molecule has 0 unspecified atom stereocenters. The van der Waals surface area contributed by atoms with E-state index < -0.39 is 0 Å². The largest absolute Gasteiger partial charge is 0.357 e. The van der Waals surface area contributed by atoms with Gasteiger partial charge < -0.3 is 20.6 Å². The third-order valence-electron chi connectivity index (χ3n) is 11.4. The fourth-order valence-electron chi connectivity index (χ4n) is 8.38. The molecule has 11 heteroatoms. The first-order valence-electron chi connectivity index (χ1n) is 16.6. The van der Waals surface area contributed by atoms with E-state index in [1.165, 1.54) is 17.8 Å². The van der Waals surface area contributed by atoms with Crippen molar-refractivity contribution < 1.29 is 14.0 Å². The van der Waals surface area contributed by atoms with Gasteiger partial charge in [0.05, 0.1) is 34.4 Å².